The molecule has 6 heteroatoms. The number of benzene rings is 1. The molecule has 0 saturated carbocycles. The third-order valence-electron chi connectivity index (χ3n) is 4.07. The van der Waals surface area contributed by atoms with Gasteiger partial charge in [-0.3, -0.25) is 4.79 Å². The van der Waals surface area contributed by atoms with Crippen LogP contribution in [-0.4, -0.2) is 43.2 Å². The standard InChI is InChI=1S/C16H23NO4S/c1-12(2)16(19)17-9-7-13(8-10-17)11-22(20,21)15-5-3-14(18)4-6-15/h3-6,12-13,18H,7-11H2,1-2H3. The zero-order valence-corrected chi connectivity index (χ0v) is 13.8. The second kappa shape index (κ2) is 6.69. The van der Waals surface area contributed by atoms with Gasteiger partial charge in [0.15, 0.2) is 9.84 Å². The van der Waals surface area contributed by atoms with Crippen molar-refractivity contribution >= 4 is 15.7 Å². The Morgan fingerprint density at radius 3 is 2.27 bits per heavy atom. The summed E-state index contributed by atoms with van der Waals surface area (Å²) in [6.45, 7) is 5.02. The SMILES string of the molecule is CC(C)C(=O)N1CCC(CS(=O)(=O)c2ccc(O)cc2)CC1. The average molecular weight is 325 g/mol. The van der Waals surface area contributed by atoms with Crippen molar-refractivity contribution < 1.29 is 18.3 Å². The summed E-state index contributed by atoms with van der Waals surface area (Å²) in [4.78, 5) is 14.0. The molecule has 1 aromatic rings. The summed E-state index contributed by atoms with van der Waals surface area (Å²) in [6.07, 6.45) is 1.44. The summed E-state index contributed by atoms with van der Waals surface area (Å²) in [5.74, 6) is 0.355. The van der Waals surface area contributed by atoms with Gasteiger partial charge in [0.25, 0.3) is 0 Å². The van der Waals surface area contributed by atoms with Crippen LogP contribution in [0.25, 0.3) is 0 Å². The van der Waals surface area contributed by atoms with E-state index < -0.39 is 9.84 Å². The maximum absolute atomic E-state index is 12.4. The number of likely N-dealkylation sites (tertiary alicyclic amines) is 1. The van der Waals surface area contributed by atoms with Crippen molar-refractivity contribution in [3.05, 3.63) is 24.3 Å². The van der Waals surface area contributed by atoms with Crippen LogP contribution < -0.4 is 0 Å². The molecule has 0 spiro atoms. The molecule has 0 aromatic heterocycles. The van der Waals surface area contributed by atoms with Crippen LogP contribution in [0.4, 0.5) is 0 Å². The topological polar surface area (TPSA) is 74.7 Å². The fourth-order valence-electron chi connectivity index (χ4n) is 2.75. The highest BCUT2D eigenvalue weighted by molar-refractivity contribution is 7.91. The number of aromatic hydroxyl groups is 1. The normalized spacial score (nSPS) is 17.0. The van der Waals surface area contributed by atoms with Gasteiger partial charge >= 0.3 is 0 Å². The van der Waals surface area contributed by atoms with E-state index in [1.807, 2.05) is 18.7 Å². The molecule has 1 aliphatic rings. The lowest BCUT2D eigenvalue weighted by atomic mass is 9.98. The van der Waals surface area contributed by atoms with Gasteiger partial charge < -0.3 is 10.0 Å². The number of carbonyl (C=O) groups is 1. The Hall–Kier alpha value is -1.56. The highest BCUT2D eigenvalue weighted by Gasteiger charge is 2.28. The van der Waals surface area contributed by atoms with Gasteiger partial charge in [0.1, 0.15) is 5.75 Å². The minimum atomic E-state index is -3.35. The third-order valence-corrected chi connectivity index (χ3v) is 5.97. The van der Waals surface area contributed by atoms with Gasteiger partial charge in [-0.25, -0.2) is 8.42 Å². The molecule has 22 heavy (non-hydrogen) atoms. The van der Waals surface area contributed by atoms with Gasteiger partial charge in [-0.2, -0.15) is 0 Å². The molecule has 1 N–H and O–H groups in total. The largest absolute Gasteiger partial charge is 0.508 e. The van der Waals surface area contributed by atoms with E-state index in [1.54, 1.807) is 0 Å². The molecule has 0 atom stereocenters. The molecule has 5 nitrogen and oxygen atoms in total. The molecule has 1 saturated heterocycles. The first-order chi connectivity index (χ1) is 10.3. The van der Waals surface area contributed by atoms with Crippen LogP contribution in [0, 0.1) is 11.8 Å². The quantitative estimate of drug-likeness (QED) is 0.919. The lowest BCUT2D eigenvalue weighted by molar-refractivity contribution is -0.135. The van der Waals surface area contributed by atoms with Crippen molar-refractivity contribution in [1.29, 1.82) is 0 Å². The molecule has 1 amide bonds. The number of sulfone groups is 1. The predicted octanol–water partition coefficient (Wildman–Crippen LogP) is 2.06. The van der Waals surface area contributed by atoms with E-state index in [4.69, 9.17) is 0 Å². The molecule has 0 unspecified atom stereocenters. The molecule has 0 aliphatic carbocycles. The summed E-state index contributed by atoms with van der Waals surface area (Å²) < 4.78 is 24.7. The van der Waals surface area contributed by atoms with Gasteiger partial charge in [0.2, 0.25) is 5.91 Å². The number of piperidine rings is 1. The first kappa shape index (κ1) is 16.8. The fraction of sp³-hybridized carbons (Fsp3) is 0.562. The summed E-state index contributed by atoms with van der Waals surface area (Å²) in [6, 6.07) is 5.64. The highest BCUT2D eigenvalue weighted by Crippen LogP contribution is 2.24. The van der Waals surface area contributed by atoms with Crippen LogP contribution in [0.2, 0.25) is 0 Å². The van der Waals surface area contributed by atoms with Crippen molar-refractivity contribution in [3.8, 4) is 5.75 Å². The van der Waals surface area contributed by atoms with E-state index >= 15 is 0 Å². The molecular formula is C16H23NO4S. The van der Waals surface area contributed by atoms with Crippen LogP contribution in [-0.2, 0) is 14.6 Å². The molecule has 1 heterocycles. The Morgan fingerprint density at radius 1 is 1.23 bits per heavy atom. The summed E-state index contributed by atoms with van der Waals surface area (Å²) in [5, 5.41) is 9.24. The van der Waals surface area contributed by atoms with Crippen molar-refractivity contribution in [2.24, 2.45) is 11.8 Å². The number of rotatable bonds is 4. The zero-order chi connectivity index (χ0) is 16.3. The third kappa shape index (κ3) is 4.00. The monoisotopic (exact) mass is 325 g/mol. The zero-order valence-electron chi connectivity index (χ0n) is 13.0. The lowest BCUT2D eigenvalue weighted by Crippen LogP contribution is -2.41. The Morgan fingerprint density at radius 2 is 1.77 bits per heavy atom. The van der Waals surface area contributed by atoms with Crippen LogP contribution in [0.3, 0.4) is 0 Å². The number of phenolic OH excluding ortho intramolecular Hbond substituents is 1. The molecule has 122 valence electrons. The van der Waals surface area contributed by atoms with E-state index in [9.17, 15) is 18.3 Å². The number of carbonyl (C=O) groups excluding carboxylic acids is 1. The second-order valence-electron chi connectivity index (χ2n) is 6.20. The van der Waals surface area contributed by atoms with Crippen molar-refractivity contribution in [2.45, 2.75) is 31.6 Å². The number of hydrogen-bond donors (Lipinski definition) is 1. The van der Waals surface area contributed by atoms with Gasteiger partial charge in [-0.15, -0.1) is 0 Å². The first-order valence-corrected chi connectivity index (χ1v) is 9.25. The summed E-state index contributed by atoms with van der Waals surface area (Å²) in [5.41, 5.74) is 0. The molecule has 1 fully saturated rings. The fourth-order valence-corrected chi connectivity index (χ4v) is 4.44. The molecular weight excluding hydrogens is 302 g/mol. The first-order valence-electron chi connectivity index (χ1n) is 7.60. The van der Waals surface area contributed by atoms with E-state index in [0.717, 1.165) is 12.8 Å². The average Bonchev–Trinajstić information content (AvgIpc) is 2.47. The van der Waals surface area contributed by atoms with Gasteiger partial charge in [-0.05, 0) is 43.0 Å². The highest BCUT2D eigenvalue weighted by atomic mass is 32.2. The van der Waals surface area contributed by atoms with Gasteiger partial charge in [0.05, 0.1) is 10.6 Å². The van der Waals surface area contributed by atoms with Crippen molar-refractivity contribution in [3.63, 3.8) is 0 Å². The molecule has 1 aliphatic heterocycles. The van der Waals surface area contributed by atoms with E-state index in [0.29, 0.717) is 13.1 Å². The Kier molecular flexibility index (Phi) is 5.11. The molecule has 0 radical (unpaired) electrons. The molecule has 0 bridgehead atoms. The number of nitrogens with zero attached hydrogens (tertiary/aromatic N) is 1. The van der Waals surface area contributed by atoms with E-state index in [2.05, 4.69) is 0 Å². The number of phenols is 1. The Balaban J connectivity index is 1.95. The van der Waals surface area contributed by atoms with Crippen LogP contribution in [0.15, 0.2) is 29.2 Å². The molecule has 2 rings (SSSR count). The molecule has 1 aromatic carbocycles. The lowest BCUT2D eigenvalue weighted by Gasteiger charge is -2.33. The van der Waals surface area contributed by atoms with Gasteiger partial charge in [0, 0.05) is 19.0 Å². The summed E-state index contributed by atoms with van der Waals surface area (Å²) >= 11 is 0. The van der Waals surface area contributed by atoms with Crippen LogP contribution in [0.1, 0.15) is 26.7 Å². The minimum absolute atomic E-state index is 0.0164. The van der Waals surface area contributed by atoms with Crippen molar-refractivity contribution in [2.75, 3.05) is 18.8 Å². The minimum Gasteiger partial charge on any atom is -0.508 e. The summed E-state index contributed by atoms with van der Waals surface area (Å²) in [7, 11) is -3.35. The van der Waals surface area contributed by atoms with Crippen LogP contribution >= 0.6 is 0 Å². The second-order valence-corrected chi connectivity index (χ2v) is 8.23. The van der Waals surface area contributed by atoms with Crippen molar-refractivity contribution in [1.82, 2.24) is 4.90 Å². The Labute approximate surface area is 131 Å². The smallest absolute Gasteiger partial charge is 0.225 e. The maximum atomic E-state index is 12.4. The predicted molar refractivity (Wildman–Crippen MR) is 84.3 cm³/mol. The Bertz CT molecular complexity index is 614. The van der Waals surface area contributed by atoms with Gasteiger partial charge in [-0.1, -0.05) is 13.8 Å². The number of amides is 1. The number of hydrogen-bond acceptors (Lipinski definition) is 4. The maximum Gasteiger partial charge on any atom is 0.225 e. The van der Waals surface area contributed by atoms with Crippen LogP contribution in [0.5, 0.6) is 5.75 Å². The van der Waals surface area contributed by atoms with E-state index in [1.165, 1.54) is 24.3 Å². The van der Waals surface area contributed by atoms with E-state index in [-0.39, 0.29) is 34.1 Å².